The van der Waals surface area contributed by atoms with Crippen molar-refractivity contribution in [1.82, 2.24) is 4.98 Å². The van der Waals surface area contributed by atoms with Crippen molar-refractivity contribution in [3.05, 3.63) is 30.5 Å². The van der Waals surface area contributed by atoms with Gasteiger partial charge in [-0.2, -0.15) is 0 Å². The molecule has 0 spiro atoms. The summed E-state index contributed by atoms with van der Waals surface area (Å²) >= 11 is 0. The average molecular weight is 224 g/mol. The minimum absolute atomic E-state index is 0.705. The van der Waals surface area contributed by atoms with Crippen molar-refractivity contribution in [1.29, 1.82) is 0 Å². The summed E-state index contributed by atoms with van der Waals surface area (Å²) in [6.45, 7) is 3.49. The van der Waals surface area contributed by atoms with Gasteiger partial charge in [-0.15, -0.1) is 0 Å². The molecule has 3 nitrogen and oxygen atoms in total. The lowest BCUT2D eigenvalue weighted by atomic mass is 9.97. The van der Waals surface area contributed by atoms with E-state index in [0.29, 0.717) is 5.46 Å². The fourth-order valence-corrected chi connectivity index (χ4v) is 2.15. The Morgan fingerprint density at radius 2 is 2.00 bits per heavy atom. The first-order chi connectivity index (χ1) is 8.33. The van der Waals surface area contributed by atoms with Crippen molar-refractivity contribution >= 4 is 29.9 Å². The molecule has 0 aliphatic carbocycles. The molecule has 2 radical (unpaired) electrons. The van der Waals surface area contributed by atoms with Crippen LogP contribution >= 0.6 is 0 Å². The molecule has 1 aromatic carbocycles. The molecule has 2 aromatic rings. The highest BCUT2D eigenvalue weighted by atomic mass is 16.5. The Kier molecular flexibility index (Phi) is 2.73. The first-order valence-electron chi connectivity index (χ1n) is 5.81. The molecule has 0 N–H and O–H groups in total. The second kappa shape index (κ2) is 4.38. The molecule has 0 amide bonds. The van der Waals surface area contributed by atoms with Crippen LogP contribution in [0.5, 0.6) is 0 Å². The van der Waals surface area contributed by atoms with Gasteiger partial charge in [-0.05, 0) is 17.5 Å². The lowest BCUT2D eigenvalue weighted by Gasteiger charge is -2.28. The molecular formula is C13H13BN2O. The molecule has 0 bridgehead atoms. The maximum absolute atomic E-state index is 5.72. The minimum Gasteiger partial charge on any atom is -0.378 e. The van der Waals surface area contributed by atoms with Crippen molar-refractivity contribution in [2.45, 2.75) is 0 Å². The van der Waals surface area contributed by atoms with Gasteiger partial charge in [0.15, 0.2) is 0 Å². The average Bonchev–Trinajstić information content (AvgIpc) is 2.39. The number of hydrogen-bond donors (Lipinski definition) is 0. The van der Waals surface area contributed by atoms with E-state index >= 15 is 0 Å². The molecule has 0 unspecified atom stereocenters. The van der Waals surface area contributed by atoms with Crippen LogP contribution in [0.25, 0.3) is 10.9 Å². The number of aromatic nitrogens is 1. The predicted octanol–water partition coefficient (Wildman–Crippen LogP) is 0.865. The van der Waals surface area contributed by atoms with E-state index in [9.17, 15) is 0 Å². The second-order valence-electron chi connectivity index (χ2n) is 4.25. The Morgan fingerprint density at radius 1 is 1.18 bits per heavy atom. The molecule has 84 valence electrons. The van der Waals surface area contributed by atoms with Crippen LogP contribution in [0.4, 0.5) is 5.69 Å². The largest absolute Gasteiger partial charge is 0.378 e. The minimum atomic E-state index is 0.705. The lowest BCUT2D eigenvalue weighted by molar-refractivity contribution is 0.122. The van der Waals surface area contributed by atoms with E-state index in [0.717, 1.165) is 37.2 Å². The number of hydrogen-bond acceptors (Lipinski definition) is 3. The molecule has 1 aromatic heterocycles. The molecule has 4 heteroatoms. The van der Waals surface area contributed by atoms with E-state index in [4.69, 9.17) is 12.6 Å². The first-order valence-corrected chi connectivity index (χ1v) is 5.81. The van der Waals surface area contributed by atoms with Gasteiger partial charge in [-0.25, -0.2) is 0 Å². The second-order valence-corrected chi connectivity index (χ2v) is 4.25. The number of benzene rings is 1. The third-order valence-electron chi connectivity index (χ3n) is 3.07. The summed E-state index contributed by atoms with van der Waals surface area (Å²) in [4.78, 5) is 6.67. The number of ether oxygens (including phenoxy) is 1. The van der Waals surface area contributed by atoms with Crippen LogP contribution in [0.15, 0.2) is 30.5 Å². The summed E-state index contributed by atoms with van der Waals surface area (Å²) in [5.41, 5.74) is 2.90. The van der Waals surface area contributed by atoms with Gasteiger partial charge < -0.3 is 9.64 Å². The zero-order valence-corrected chi connectivity index (χ0v) is 9.60. The third kappa shape index (κ3) is 2.13. The van der Waals surface area contributed by atoms with Crippen molar-refractivity contribution in [2.24, 2.45) is 0 Å². The Labute approximate surface area is 102 Å². The van der Waals surface area contributed by atoms with Gasteiger partial charge >= 0.3 is 0 Å². The highest BCUT2D eigenvalue weighted by Gasteiger charge is 2.11. The van der Waals surface area contributed by atoms with Gasteiger partial charge in [0.2, 0.25) is 0 Å². The summed E-state index contributed by atoms with van der Waals surface area (Å²) in [5.74, 6) is 0. The van der Waals surface area contributed by atoms with Gasteiger partial charge in [-0.3, -0.25) is 4.98 Å². The summed E-state index contributed by atoms with van der Waals surface area (Å²) in [7, 11) is 5.72. The molecular weight excluding hydrogens is 211 g/mol. The van der Waals surface area contributed by atoms with Crippen LogP contribution in [-0.4, -0.2) is 39.1 Å². The van der Waals surface area contributed by atoms with Crippen LogP contribution in [-0.2, 0) is 4.74 Å². The quantitative estimate of drug-likeness (QED) is 0.672. The van der Waals surface area contributed by atoms with Crippen molar-refractivity contribution in [3.8, 4) is 0 Å². The van der Waals surface area contributed by atoms with Crippen molar-refractivity contribution < 1.29 is 4.74 Å². The fraction of sp³-hybridized carbons (Fsp3) is 0.308. The zero-order chi connectivity index (χ0) is 11.7. The standard InChI is InChI=1S/C13H13BN2O/c14-11-7-10-1-2-12(8-13(10)15-9-11)16-3-5-17-6-4-16/h1-2,7-9H,3-6H2. The maximum Gasteiger partial charge on any atom is 0.115 e. The van der Waals surface area contributed by atoms with Gasteiger partial charge in [-0.1, -0.05) is 17.6 Å². The number of anilines is 1. The first kappa shape index (κ1) is 10.6. The van der Waals surface area contributed by atoms with Gasteiger partial charge in [0, 0.05) is 25.0 Å². The van der Waals surface area contributed by atoms with Crippen LogP contribution in [0, 0.1) is 0 Å². The van der Waals surface area contributed by atoms with Crippen molar-refractivity contribution in [3.63, 3.8) is 0 Å². The summed E-state index contributed by atoms with van der Waals surface area (Å²) in [5, 5.41) is 1.09. The molecule has 1 saturated heterocycles. The number of nitrogens with zero attached hydrogens (tertiary/aromatic N) is 2. The summed E-state index contributed by atoms with van der Waals surface area (Å²) < 4.78 is 5.35. The zero-order valence-electron chi connectivity index (χ0n) is 9.60. The van der Waals surface area contributed by atoms with Crippen molar-refractivity contribution in [2.75, 3.05) is 31.2 Å². The number of morpholine rings is 1. The molecule has 0 atom stereocenters. The predicted molar refractivity (Wildman–Crippen MR) is 70.2 cm³/mol. The molecule has 1 fully saturated rings. The van der Waals surface area contributed by atoms with Crippen LogP contribution < -0.4 is 10.4 Å². The Bertz CT molecular complexity index is 538. The number of rotatable bonds is 1. The molecule has 3 rings (SSSR count). The lowest BCUT2D eigenvalue weighted by Crippen LogP contribution is -2.36. The van der Waals surface area contributed by atoms with Crippen LogP contribution in [0.2, 0.25) is 0 Å². The summed E-state index contributed by atoms with van der Waals surface area (Å²) in [6.07, 6.45) is 1.70. The van der Waals surface area contributed by atoms with E-state index < -0.39 is 0 Å². The van der Waals surface area contributed by atoms with E-state index in [-0.39, 0.29) is 0 Å². The monoisotopic (exact) mass is 224 g/mol. The fourth-order valence-electron chi connectivity index (χ4n) is 2.15. The third-order valence-corrected chi connectivity index (χ3v) is 3.07. The molecule has 1 aliphatic rings. The molecule has 0 saturated carbocycles. The van der Waals surface area contributed by atoms with Gasteiger partial charge in [0.25, 0.3) is 0 Å². The van der Waals surface area contributed by atoms with E-state index in [2.05, 4.69) is 28.1 Å². The van der Waals surface area contributed by atoms with E-state index in [1.807, 2.05) is 6.07 Å². The van der Waals surface area contributed by atoms with Crippen LogP contribution in [0.1, 0.15) is 0 Å². The smallest absolute Gasteiger partial charge is 0.115 e. The maximum atomic E-state index is 5.72. The molecule has 1 aliphatic heterocycles. The topological polar surface area (TPSA) is 25.4 Å². The van der Waals surface area contributed by atoms with Crippen LogP contribution in [0.3, 0.4) is 0 Å². The Hall–Kier alpha value is -1.55. The number of pyridine rings is 1. The van der Waals surface area contributed by atoms with E-state index in [1.54, 1.807) is 6.20 Å². The summed E-state index contributed by atoms with van der Waals surface area (Å²) in [6, 6.07) is 8.25. The van der Waals surface area contributed by atoms with Gasteiger partial charge in [0.05, 0.1) is 18.7 Å². The Balaban J connectivity index is 1.98. The highest BCUT2D eigenvalue weighted by Crippen LogP contribution is 2.20. The normalized spacial score (nSPS) is 16.4. The molecule has 17 heavy (non-hydrogen) atoms. The SMILES string of the molecule is [B]c1cnc2cc(N3CCOCC3)ccc2c1. The van der Waals surface area contributed by atoms with Gasteiger partial charge in [0.1, 0.15) is 7.85 Å². The molecule has 2 heterocycles. The Morgan fingerprint density at radius 3 is 2.82 bits per heavy atom. The van der Waals surface area contributed by atoms with E-state index in [1.165, 1.54) is 5.69 Å². The number of fused-ring (bicyclic) bond motifs is 1. The highest BCUT2D eigenvalue weighted by molar-refractivity contribution is 6.32.